The minimum atomic E-state index is -0.607. The van der Waals surface area contributed by atoms with E-state index in [1.165, 1.54) is 4.57 Å². The van der Waals surface area contributed by atoms with Gasteiger partial charge in [0, 0.05) is 22.6 Å². The fourth-order valence-electron chi connectivity index (χ4n) is 2.14. The number of benzene rings is 1. The summed E-state index contributed by atoms with van der Waals surface area (Å²) < 4.78 is 7.78. The fraction of sp³-hybridized carbons (Fsp3) is 0.375. The molecule has 1 amide bonds. The van der Waals surface area contributed by atoms with E-state index in [2.05, 4.69) is 21.2 Å². The first kappa shape index (κ1) is 16.5. The second kappa shape index (κ2) is 6.12. The Bertz CT molecular complexity index is 729. The number of nitrogens with one attached hydrogen (secondary N) is 1. The molecule has 1 aromatic carbocycles. The van der Waals surface area contributed by atoms with Crippen LogP contribution in [0.1, 0.15) is 26.5 Å². The van der Waals surface area contributed by atoms with Crippen LogP contribution in [0.3, 0.4) is 0 Å². The van der Waals surface area contributed by atoms with Crippen molar-refractivity contribution in [2.45, 2.75) is 32.8 Å². The third kappa shape index (κ3) is 3.68. The zero-order valence-corrected chi connectivity index (χ0v) is 14.7. The molecule has 22 heavy (non-hydrogen) atoms. The second-order valence-electron chi connectivity index (χ2n) is 6.00. The van der Waals surface area contributed by atoms with Crippen molar-refractivity contribution in [1.29, 1.82) is 0 Å². The van der Waals surface area contributed by atoms with Crippen LogP contribution in [0.25, 0.3) is 10.9 Å². The molecule has 0 fully saturated rings. The van der Waals surface area contributed by atoms with Crippen molar-refractivity contribution in [3.63, 3.8) is 0 Å². The van der Waals surface area contributed by atoms with E-state index in [9.17, 15) is 9.59 Å². The maximum atomic E-state index is 12.5. The molecule has 6 heteroatoms. The van der Waals surface area contributed by atoms with Crippen molar-refractivity contribution in [3.05, 3.63) is 34.4 Å². The molecule has 0 radical (unpaired) electrons. The minimum absolute atomic E-state index is 0.113. The summed E-state index contributed by atoms with van der Waals surface area (Å²) in [4.78, 5) is 24.2. The van der Waals surface area contributed by atoms with Crippen LogP contribution < -0.4 is 5.32 Å². The van der Waals surface area contributed by atoms with E-state index in [0.717, 1.165) is 9.86 Å². The van der Waals surface area contributed by atoms with Crippen LogP contribution in [0.2, 0.25) is 0 Å². The van der Waals surface area contributed by atoms with Crippen molar-refractivity contribution < 1.29 is 14.3 Å². The number of aromatic nitrogens is 1. The molecular weight excluding hydrogens is 348 g/mol. The number of nitrogens with zero attached hydrogens (tertiary/aromatic N) is 1. The van der Waals surface area contributed by atoms with Crippen molar-refractivity contribution in [2.24, 2.45) is 0 Å². The predicted octanol–water partition coefficient (Wildman–Crippen LogP) is 3.48. The highest BCUT2D eigenvalue weighted by atomic mass is 79.9. The monoisotopic (exact) mass is 366 g/mol. The van der Waals surface area contributed by atoms with E-state index in [1.807, 2.05) is 45.0 Å². The molecule has 0 atom stereocenters. The third-order valence-corrected chi connectivity index (χ3v) is 3.53. The molecule has 1 aromatic heterocycles. The van der Waals surface area contributed by atoms with E-state index in [1.54, 1.807) is 7.05 Å². The number of hydrogen-bond acceptors (Lipinski definition) is 3. The number of amides is 1. The van der Waals surface area contributed by atoms with Crippen LogP contribution in [0, 0.1) is 0 Å². The molecule has 0 aliphatic heterocycles. The maximum Gasteiger partial charge on any atom is 0.419 e. The first-order valence-corrected chi connectivity index (χ1v) is 7.74. The van der Waals surface area contributed by atoms with Crippen LogP contribution in [-0.2, 0) is 16.0 Å². The number of rotatable bonds is 2. The average Bonchev–Trinajstić information content (AvgIpc) is 2.73. The van der Waals surface area contributed by atoms with Gasteiger partial charge in [-0.25, -0.2) is 9.36 Å². The summed E-state index contributed by atoms with van der Waals surface area (Å²) in [5, 5.41) is 3.45. The molecule has 0 aliphatic carbocycles. The van der Waals surface area contributed by atoms with E-state index in [4.69, 9.17) is 4.74 Å². The van der Waals surface area contributed by atoms with Gasteiger partial charge in [0.1, 0.15) is 5.60 Å². The Kier molecular flexibility index (Phi) is 4.60. The van der Waals surface area contributed by atoms with Gasteiger partial charge in [0.05, 0.1) is 11.9 Å². The lowest BCUT2D eigenvalue weighted by atomic mass is 10.2. The quantitative estimate of drug-likeness (QED) is 0.884. The summed E-state index contributed by atoms with van der Waals surface area (Å²) in [6, 6.07) is 7.46. The van der Waals surface area contributed by atoms with E-state index in [-0.39, 0.29) is 12.3 Å². The summed E-state index contributed by atoms with van der Waals surface area (Å²) in [7, 11) is 1.57. The van der Waals surface area contributed by atoms with E-state index >= 15 is 0 Å². The Morgan fingerprint density at radius 1 is 1.27 bits per heavy atom. The molecule has 0 aliphatic rings. The summed E-state index contributed by atoms with van der Waals surface area (Å²) in [5.41, 5.74) is 0.702. The SMILES string of the molecule is CNC(=O)Cc1cc2ccc(Br)cc2n1C(=O)OC(C)(C)C. The van der Waals surface area contributed by atoms with Gasteiger partial charge < -0.3 is 10.1 Å². The van der Waals surface area contributed by atoms with Crippen LogP contribution >= 0.6 is 15.9 Å². The molecule has 0 spiro atoms. The molecule has 2 aromatic rings. The van der Waals surface area contributed by atoms with Crippen molar-refractivity contribution in [2.75, 3.05) is 7.05 Å². The highest BCUT2D eigenvalue weighted by molar-refractivity contribution is 9.10. The zero-order valence-electron chi connectivity index (χ0n) is 13.1. The van der Waals surface area contributed by atoms with Gasteiger partial charge in [-0.15, -0.1) is 0 Å². The first-order chi connectivity index (χ1) is 10.2. The standard InChI is InChI=1S/C16H19BrN2O3/c1-16(2,3)22-15(21)19-12(9-14(20)18-4)7-10-5-6-11(17)8-13(10)19/h5-8H,9H2,1-4H3,(H,18,20). The Hall–Kier alpha value is -1.82. The van der Waals surface area contributed by atoms with Gasteiger partial charge in [0.2, 0.25) is 5.91 Å². The largest absolute Gasteiger partial charge is 0.443 e. The smallest absolute Gasteiger partial charge is 0.419 e. The van der Waals surface area contributed by atoms with Crippen molar-refractivity contribution >= 4 is 38.8 Å². The minimum Gasteiger partial charge on any atom is -0.443 e. The molecule has 0 saturated heterocycles. The molecule has 0 saturated carbocycles. The molecule has 2 rings (SSSR count). The van der Waals surface area contributed by atoms with Gasteiger partial charge in [-0.1, -0.05) is 22.0 Å². The van der Waals surface area contributed by atoms with Crippen molar-refractivity contribution in [1.82, 2.24) is 9.88 Å². The van der Waals surface area contributed by atoms with Gasteiger partial charge in [-0.3, -0.25) is 4.79 Å². The number of carbonyl (C=O) groups is 2. The Morgan fingerprint density at radius 2 is 1.95 bits per heavy atom. The van der Waals surface area contributed by atoms with E-state index < -0.39 is 11.7 Å². The Morgan fingerprint density at radius 3 is 2.55 bits per heavy atom. The molecule has 5 nitrogen and oxygen atoms in total. The molecule has 1 heterocycles. The normalized spacial score (nSPS) is 11.5. The second-order valence-corrected chi connectivity index (χ2v) is 6.92. The number of fused-ring (bicyclic) bond motifs is 1. The molecular formula is C16H19BrN2O3. The third-order valence-electron chi connectivity index (χ3n) is 3.04. The molecule has 118 valence electrons. The molecule has 0 bridgehead atoms. The zero-order chi connectivity index (χ0) is 16.5. The van der Waals surface area contributed by atoms with Gasteiger partial charge in [-0.05, 0) is 39.0 Å². The number of carbonyl (C=O) groups excluding carboxylic acids is 2. The lowest BCUT2D eigenvalue weighted by molar-refractivity contribution is -0.120. The molecule has 1 N–H and O–H groups in total. The van der Waals surface area contributed by atoms with Crippen LogP contribution in [0.5, 0.6) is 0 Å². The van der Waals surface area contributed by atoms with Crippen LogP contribution in [0.4, 0.5) is 4.79 Å². The number of ether oxygens (including phenoxy) is 1. The van der Waals surface area contributed by atoms with E-state index in [0.29, 0.717) is 11.2 Å². The van der Waals surface area contributed by atoms with Crippen molar-refractivity contribution in [3.8, 4) is 0 Å². The average molecular weight is 367 g/mol. The Labute approximate surface area is 137 Å². The molecule has 0 unspecified atom stereocenters. The summed E-state index contributed by atoms with van der Waals surface area (Å²) in [5.74, 6) is -0.160. The number of likely N-dealkylation sites (N-methyl/N-ethyl adjacent to an activating group) is 1. The highest BCUT2D eigenvalue weighted by Crippen LogP contribution is 2.25. The van der Waals surface area contributed by atoms with Gasteiger partial charge in [0.15, 0.2) is 0 Å². The maximum absolute atomic E-state index is 12.5. The van der Waals surface area contributed by atoms with Gasteiger partial charge >= 0.3 is 6.09 Å². The lowest BCUT2D eigenvalue weighted by Gasteiger charge is -2.21. The number of hydrogen-bond donors (Lipinski definition) is 1. The summed E-state index contributed by atoms with van der Waals surface area (Å²) >= 11 is 3.41. The highest BCUT2D eigenvalue weighted by Gasteiger charge is 2.23. The Balaban J connectivity index is 2.55. The summed E-state index contributed by atoms with van der Waals surface area (Å²) in [6.07, 6.45) is -0.373. The number of halogens is 1. The summed E-state index contributed by atoms with van der Waals surface area (Å²) in [6.45, 7) is 5.43. The topological polar surface area (TPSA) is 60.3 Å². The van der Waals surface area contributed by atoms with Gasteiger partial charge in [0.25, 0.3) is 0 Å². The van der Waals surface area contributed by atoms with Crippen LogP contribution in [0.15, 0.2) is 28.7 Å². The first-order valence-electron chi connectivity index (χ1n) is 6.95. The van der Waals surface area contributed by atoms with Gasteiger partial charge in [-0.2, -0.15) is 0 Å². The fourth-order valence-corrected chi connectivity index (χ4v) is 2.49. The lowest BCUT2D eigenvalue weighted by Crippen LogP contribution is -2.29. The van der Waals surface area contributed by atoms with Crippen LogP contribution in [-0.4, -0.2) is 29.2 Å². The predicted molar refractivity (Wildman–Crippen MR) is 89.0 cm³/mol.